The molecule has 0 aromatic heterocycles. The van der Waals surface area contributed by atoms with E-state index in [1.54, 1.807) is 12.0 Å². The Hall–Kier alpha value is -1.78. The van der Waals surface area contributed by atoms with Gasteiger partial charge >= 0.3 is 6.09 Å². The van der Waals surface area contributed by atoms with Gasteiger partial charge in [0, 0.05) is 25.7 Å². The van der Waals surface area contributed by atoms with Crippen LogP contribution >= 0.6 is 0 Å². The lowest BCUT2D eigenvalue weighted by Crippen LogP contribution is -2.54. The molecular formula is C19H30N2O4. The van der Waals surface area contributed by atoms with Gasteiger partial charge in [0.1, 0.15) is 5.60 Å². The molecule has 0 radical (unpaired) electrons. The first-order valence-electron chi connectivity index (χ1n) is 8.94. The van der Waals surface area contributed by atoms with Gasteiger partial charge in [-0.3, -0.25) is 0 Å². The Morgan fingerprint density at radius 2 is 1.96 bits per heavy atom. The van der Waals surface area contributed by atoms with Crippen molar-refractivity contribution in [2.75, 3.05) is 26.7 Å². The number of rotatable bonds is 5. The van der Waals surface area contributed by atoms with Crippen LogP contribution in [0.15, 0.2) is 17.9 Å². The second-order valence-electron chi connectivity index (χ2n) is 8.05. The summed E-state index contributed by atoms with van der Waals surface area (Å²) >= 11 is 0. The fraction of sp³-hybridized carbons (Fsp3) is 0.737. The van der Waals surface area contributed by atoms with Crippen molar-refractivity contribution in [3.63, 3.8) is 0 Å². The van der Waals surface area contributed by atoms with Crippen molar-refractivity contribution < 1.29 is 19.1 Å². The van der Waals surface area contributed by atoms with Crippen molar-refractivity contribution in [1.82, 2.24) is 10.2 Å². The van der Waals surface area contributed by atoms with E-state index < -0.39 is 5.60 Å². The topological polar surface area (TPSA) is 67.9 Å². The van der Waals surface area contributed by atoms with Gasteiger partial charge in [0.15, 0.2) is 5.94 Å². The molecule has 6 nitrogen and oxygen atoms in total. The fourth-order valence-electron chi connectivity index (χ4n) is 3.57. The Morgan fingerprint density at radius 3 is 2.48 bits per heavy atom. The number of amides is 1. The van der Waals surface area contributed by atoms with Gasteiger partial charge in [-0.2, -0.15) is 0 Å². The SMILES string of the molecule is COC(=C=O)/C=C/CNC1CC2(CCN(C(=O)OC(C)(C)C)CC2)C1. The highest BCUT2D eigenvalue weighted by atomic mass is 16.6. The van der Waals surface area contributed by atoms with E-state index in [0.29, 0.717) is 18.0 Å². The van der Waals surface area contributed by atoms with Crippen LogP contribution in [0.4, 0.5) is 4.79 Å². The molecule has 2 aliphatic rings. The molecule has 2 rings (SSSR count). The molecule has 140 valence electrons. The van der Waals surface area contributed by atoms with Gasteiger partial charge in [-0.05, 0) is 57.9 Å². The average Bonchev–Trinajstić information content (AvgIpc) is 2.52. The Labute approximate surface area is 150 Å². The summed E-state index contributed by atoms with van der Waals surface area (Å²) in [7, 11) is 1.46. The molecule has 2 fully saturated rings. The van der Waals surface area contributed by atoms with Crippen molar-refractivity contribution in [3.8, 4) is 0 Å². The predicted molar refractivity (Wildman–Crippen MR) is 95.9 cm³/mol. The molecule has 1 saturated carbocycles. The van der Waals surface area contributed by atoms with Crippen molar-refractivity contribution in [1.29, 1.82) is 0 Å². The van der Waals surface area contributed by atoms with Crippen molar-refractivity contribution in [3.05, 3.63) is 17.9 Å². The first-order valence-corrected chi connectivity index (χ1v) is 8.94. The van der Waals surface area contributed by atoms with Crippen LogP contribution in [-0.2, 0) is 14.3 Å². The molecular weight excluding hydrogens is 320 g/mol. The minimum absolute atomic E-state index is 0.196. The number of ether oxygens (including phenoxy) is 2. The summed E-state index contributed by atoms with van der Waals surface area (Å²) in [5.74, 6) is 1.94. The lowest BCUT2D eigenvalue weighted by Gasteiger charge is -2.52. The number of allylic oxidation sites excluding steroid dienone is 1. The number of nitrogens with zero attached hydrogens (tertiary/aromatic N) is 1. The quantitative estimate of drug-likeness (QED) is 0.469. The van der Waals surface area contributed by atoms with Crippen LogP contribution in [0, 0.1) is 5.41 Å². The lowest BCUT2D eigenvalue weighted by atomic mass is 9.60. The summed E-state index contributed by atoms with van der Waals surface area (Å²) in [6.45, 7) is 7.96. The molecule has 1 spiro atoms. The molecule has 6 heteroatoms. The molecule has 0 atom stereocenters. The number of likely N-dealkylation sites (tertiary alicyclic amines) is 1. The minimum Gasteiger partial charge on any atom is -0.487 e. The summed E-state index contributed by atoms with van der Waals surface area (Å²) in [5, 5.41) is 3.47. The third-order valence-electron chi connectivity index (χ3n) is 4.95. The van der Waals surface area contributed by atoms with E-state index in [0.717, 1.165) is 38.8 Å². The second-order valence-corrected chi connectivity index (χ2v) is 8.05. The van der Waals surface area contributed by atoms with E-state index >= 15 is 0 Å². The number of hydrogen-bond donors (Lipinski definition) is 1. The average molecular weight is 350 g/mol. The van der Waals surface area contributed by atoms with Crippen molar-refractivity contribution in [2.45, 2.75) is 58.1 Å². The van der Waals surface area contributed by atoms with Gasteiger partial charge in [0.25, 0.3) is 0 Å². The maximum atomic E-state index is 12.1. The van der Waals surface area contributed by atoms with E-state index in [2.05, 4.69) is 5.32 Å². The number of hydrogen-bond acceptors (Lipinski definition) is 5. The third-order valence-corrected chi connectivity index (χ3v) is 4.95. The molecule has 0 unspecified atom stereocenters. The number of piperidine rings is 1. The molecule has 1 amide bonds. The van der Waals surface area contributed by atoms with E-state index in [1.807, 2.05) is 31.7 Å². The smallest absolute Gasteiger partial charge is 0.410 e. The highest BCUT2D eigenvalue weighted by Crippen LogP contribution is 2.49. The van der Waals surface area contributed by atoms with E-state index in [1.165, 1.54) is 7.11 Å². The molecule has 1 aliphatic heterocycles. The molecule has 1 N–H and O–H groups in total. The molecule has 1 heterocycles. The van der Waals surface area contributed by atoms with Gasteiger partial charge in [0.2, 0.25) is 5.76 Å². The molecule has 1 saturated heterocycles. The summed E-state index contributed by atoms with van der Waals surface area (Å²) in [6.07, 6.45) is 7.68. The Bertz CT molecular complexity index is 542. The molecule has 1 aliphatic carbocycles. The maximum Gasteiger partial charge on any atom is 0.410 e. The van der Waals surface area contributed by atoms with E-state index in [4.69, 9.17) is 9.47 Å². The highest BCUT2D eigenvalue weighted by molar-refractivity contribution is 5.68. The second kappa shape index (κ2) is 8.07. The largest absolute Gasteiger partial charge is 0.487 e. The zero-order valence-electron chi connectivity index (χ0n) is 15.8. The van der Waals surface area contributed by atoms with Crippen molar-refractivity contribution >= 4 is 12.0 Å². The van der Waals surface area contributed by atoms with E-state index in [-0.39, 0.29) is 11.9 Å². The van der Waals surface area contributed by atoms with Gasteiger partial charge in [-0.15, -0.1) is 0 Å². The normalized spacial score (nSPS) is 20.2. The van der Waals surface area contributed by atoms with Gasteiger partial charge in [-0.25, -0.2) is 9.59 Å². The number of methoxy groups -OCH3 is 1. The molecule has 25 heavy (non-hydrogen) atoms. The predicted octanol–water partition coefficient (Wildman–Crippen LogP) is 2.67. The zero-order valence-corrected chi connectivity index (χ0v) is 15.8. The number of nitrogens with one attached hydrogen (secondary N) is 1. The minimum atomic E-state index is -0.438. The Morgan fingerprint density at radius 1 is 1.32 bits per heavy atom. The standard InChI is InChI=1S/C19H30N2O4/c1-18(2,3)25-17(23)21-10-7-19(8-11-21)12-15(13-19)20-9-5-6-16(14-22)24-4/h5-6,15,20H,7-13H2,1-4H3/b6-5+. The Balaban J connectivity index is 1.67. The van der Waals surface area contributed by atoms with Crippen LogP contribution in [0.5, 0.6) is 0 Å². The van der Waals surface area contributed by atoms with Crippen LogP contribution in [0.1, 0.15) is 46.5 Å². The van der Waals surface area contributed by atoms with Crippen LogP contribution in [0.2, 0.25) is 0 Å². The maximum absolute atomic E-state index is 12.1. The zero-order chi connectivity index (χ0) is 18.5. The lowest BCUT2D eigenvalue weighted by molar-refractivity contribution is -0.0156. The monoisotopic (exact) mass is 350 g/mol. The molecule has 0 aromatic carbocycles. The van der Waals surface area contributed by atoms with Crippen molar-refractivity contribution in [2.24, 2.45) is 5.41 Å². The number of carbonyl (C=O) groups excluding carboxylic acids is 2. The van der Waals surface area contributed by atoms with Crippen LogP contribution in [-0.4, -0.2) is 55.3 Å². The molecule has 0 aromatic rings. The Kier molecular flexibility index (Phi) is 6.31. The van der Waals surface area contributed by atoms with E-state index in [9.17, 15) is 9.59 Å². The van der Waals surface area contributed by atoms with Crippen LogP contribution in [0.3, 0.4) is 0 Å². The van der Waals surface area contributed by atoms with Gasteiger partial charge in [0.05, 0.1) is 7.11 Å². The third kappa shape index (κ3) is 5.62. The summed E-state index contributed by atoms with van der Waals surface area (Å²) in [5.41, 5.74) is -0.0623. The fourth-order valence-corrected chi connectivity index (χ4v) is 3.57. The summed E-state index contributed by atoms with van der Waals surface area (Å²) in [6, 6.07) is 0.504. The highest BCUT2D eigenvalue weighted by Gasteiger charge is 2.46. The molecule has 0 bridgehead atoms. The van der Waals surface area contributed by atoms with Gasteiger partial charge in [-0.1, -0.05) is 6.08 Å². The first kappa shape index (κ1) is 19.5. The number of carbonyl (C=O) groups is 1. The van der Waals surface area contributed by atoms with Crippen LogP contribution < -0.4 is 5.32 Å². The summed E-state index contributed by atoms with van der Waals surface area (Å²) in [4.78, 5) is 24.4. The first-order chi connectivity index (χ1) is 11.8. The van der Waals surface area contributed by atoms with Gasteiger partial charge < -0.3 is 19.7 Å². The summed E-state index contributed by atoms with van der Waals surface area (Å²) < 4.78 is 10.3. The van der Waals surface area contributed by atoms with Crippen LogP contribution in [0.25, 0.3) is 0 Å².